The van der Waals surface area contributed by atoms with Crippen LogP contribution in [0.15, 0.2) is 29.3 Å². The van der Waals surface area contributed by atoms with E-state index in [0.29, 0.717) is 5.96 Å². The van der Waals surface area contributed by atoms with Crippen molar-refractivity contribution in [3.05, 3.63) is 35.4 Å². The molecular formula is C17H25N3O. The second-order valence-electron chi connectivity index (χ2n) is 6.24. The Balaban J connectivity index is 1.83. The molecule has 0 saturated carbocycles. The van der Waals surface area contributed by atoms with Crippen LogP contribution < -0.4 is 5.73 Å². The number of ether oxygens (including phenoxy) is 1. The molecule has 2 heterocycles. The van der Waals surface area contributed by atoms with Crippen LogP contribution >= 0.6 is 0 Å². The summed E-state index contributed by atoms with van der Waals surface area (Å²) in [5.74, 6) is 0.646. The van der Waals surface area contributed by atoms with Gasteiger partial charge in [0, 0.05) is 13.2 Å². The standard InChI is InChI=1S/C17H25N3O/c1-3-13-6-8-14(9-7-13)17(2)12-19-16(18)20(17)11-15-5-4-10-21-15/h6-9,15H,3-5,10-12H2,1-2H3,(H2,18,19). The molecular weight excluding hydrogens is 262 g/mol. The van der Waals surface area contributed by atoms with Crippen LogP contribution in [0.25, 0.3) is 0 Å². The lowest BCUT2D eigenvalue weighted by atomic mass is 9.90. The van der Waals surface area contributed by atoms with Crippen molar-refractivity contribution in [1.29, 1.82) is 0 Å². The Morgan fingerprint density at radius 3 is 2.76 bits per heavy atom. The number of hydrogen-bond donors (Lipinski definition) is 1. The van der Waals surface area contributed by atoms with E-state index in [9.17, 15) is 0 Å². The number of rotatable bonds is 4. The molecule has 3 rings (SSSR count). The summed E-state index contributed by atoms with van der Waals surface area (Å²) in [4.78, 5) is 6.72. The zero-order chi connectivity index (χ0) is 14.9. The first-order chi connectivity index (χ1) is 10.1. The van der Waals surface area contributed by atoms with E-state index in [-0.39, 0.29) is 11.6 Å². The van der Waals surface area contributed by atoms with E-state index >= 15 is 0 Å². The quantitative estimate of drug-likeness (QED) is 0.924. The molecule has 2 atom stereocenters. The molecule has 1 saturated heterocycles. The Bertz CT molecular complexity index is 519. The van der Waals surface area contributed by atoms with Gasteiger partial charge in [0.2, 0.25) is 0 Å². The molecule has 1 fully saturated rings. The molecule has 2 unspecified atom stereocenters. The van der Waals surface area contributed by atoms with E-state index in [1.807, 2.05) is 0 Å². The van der Waals surface area contributed by atoms with Crippen LogP contribution in [0, 0.1) is 0 Å². The van der Waals surface area contributed by atoms with E-state index in [1.54, 1.807) is 0 Å². The van der Waals surface area contributed by atoms with Gasteiger partial charge in [-0.15, -0.1) is 0 Å². The molecule has 0 amide bonds. The van der Waals surface area contributed by atoms with E-state index < -0.39 is 0 Å². The van der Waals surface area contributed by atoms with Gasteiger partial charge in [0.25, 0.3) is 0 Å². The van der Waals surface area contributed by atoms with Crippen molar-refractivity contribution in [2.75, 3.05) is 19.7 Å². The van der Waals surface area contributed by atoms with Crippen LogP contribution in [0.1, 0.15) is 37.8 Å². The minimum absolute atomic E-state index is 0.150. The lowest BCUT2D eigenvalue weighted by molar-refractivity contribution is 0.0690. The van der Waals surface area contributed by atoms with Crippen LogP contribution in [-0.2, 0) is 16.7 Å². The van der Waals surface area contributed by atoms with Gasteiger partial charge in [-0.25, -0.2) is 0 Å². The number of aryl methyl sites for hydroxylation is 1. The fourth-order valence-electron chi connectivity index (χ4n) is 3.29. The first-order valence-electron chi connectivity index (χ1n) is 7.92. The fraction of sp³-hybridized carbons (Fsp3) is 0.588. The zero-order valence-corrected chi connectivity index (χ0v) is 13.0. The van der Waals surface area contributed by atoms with Crippen molar-refractivity contribution in [3.8, 4) is 0 Å². The number of guanidine groups is 1. The molecule has 0 aliphatic carbocycles. The predicted molar refractivity (Wildman–Crippen MR) is 85.3 cm³/mol. The maximum absolute atomic E-state index is 6.15. The summed E-state index contributed by atoms with van der Waals surface area (Å²) in [5, 5.41) is 0. The Morgan fingerprint density at radius 1 is 1.38 bits per heavy atom. The molecule has 4 nitrogen and oxygen atoms in total. The van der Waals surface area contributed by atoms with Crippen LogP contribution in [0.5, 0.6) is 0 Å². The van der Waals surface area contributed by atoms with Crippen molar-refractivity contribution in [2.45, 2.75) is 44.8 Å². The summed E-state index contributed by atoms with van der Waals surface area (Å²) in [6.45, 7) is 6.83. The molecule has 0 aromatic heterocycles. The summed E-state index contributed by atoms with van der Waals surface area (Å²) in [6, 6.07) is 8.85. The van der Waals surface area contributed by atoms with E-state index in [0.717, 1.165) is 39.0 Å². The van der Waals surface area contributed by atoms with Crippen molar-refractivity contribution in [3.63, 3.8) is 0 Å². The molecule has 4 heteroatoms. The smallest absolute Gasteiger partial charge is 0.192 e. The first-order valence-corrected chi connectivity index (χ1v) is 7.92. The maximum Gasteiger partial charge on any atom is 0.192 e. The number of benzene rings is 1. The Kier molecular flexibility index (Phi) is 3.89. The summed E-state index contributed by atoms with van der Waals surface area (Å²) in [5.41, 5.74) is 8.64. The highest BCUT2D eigenvalue weighted by Gasteiger charge is 2.40. The van der Waals surface area contributed by atoms with Gasteiger partial charge in [-0.2, -0.15) is 0 Å². The summed E-state index contributed by atoms with van der Waals surface area (Å²) in [7, 11) is 0. The number of hydrogen-bond acceptors (Lipinski definition) is 4. The molecule has 1 aromatic carbocycles. The summed E-state index contributed by atoms with van der Waals surface area (Å²) >= 11 is 0. The van der Waals surface area contributed by atoms with Gasteiger partial charge >= 0.3 is 0 Å². The molecule has 2 N–H and O–H groups in total. The lowest BCUT2D eigenvalue weighted by Crippen LogP contribution is -2.50. The minimum atomic E-state index is -0.150. The van der Waals surface area contributed by atoms with Crippen LogP contribution in [0.4, 0.5) is 0 Å². The fourth-order valence-corrected chi connectivity index (χ4v) is 3.29. The Labute approximate surface area is 127 Å². The van der Waals surface area contributed by atoms with Crippen molar-refractivity contribution in [2.24, 2.45) is 10.7 Å². The Morgan fingerprint density at radius 2 is 2.14 bits per heavy atom. The zero-order valence-electron chi connectivity index (χ0n) is 13.0. The average molecular weight is 287 g/mol. The third kappa shape index (κ3) is 2.64. The molecule has 0 bridgehead atoms. The van der Waals surface area contributed by atoms with Gasteiger partial charge in [0.1, 0.15) is 0 Å². The van der Waals surface area contributed by atoms with Gasteiger partial charge in [0.05, 0.1) is 18.2 Å². The second-order valence-corrected chi connectivity index (χ2v) is 6.24. The maximum atomic E-state index is 6.15. The van der Waals surface area contributed by atoms with Gasteiger partial charge in [-0.05, 0) is 37.3 Å². The molecule has 1 aromatic rings. The monoisotopic (exact) mass is 287 g/mol. The van der Waals surface area contributed by atoms with E-state index in [4.69, 9.17) is 10.5 Å². The van der Waals surface area contributed by atoms with Crippen molar-refractivity contribution in [1.82, 2.24) is 4.90 Å². The normalized spacial score (nSPS) is 29.0. The molecule has 21 heavy (non-hydrogen) atoms. The predicted octanol–water partition coefficient (Wildman–Crippen LogP) is 2.27. The molecule has 0 spiro atoms. The molecule has 0 radical (unpaired) electrons. The summed E-state index contributed by atoms with van der Waals surface area (Å²) < 4.78 is 5.78. The third-order valence-electron chi connectivity index (χ3n) is 4.82. The number of aliphatic imine (C=N–C) groups is 1. The van der Waals surface area contributed by atoms with Gasteiger partial charge < -0.3 is 15.4 Å². The SMILES string of the molecule is CCc1ccc(C2(C)CN=C(N)N2CC2CCCO2)cc1. The van der Waals surface area contributed by atoms with E-state index in [2.05, 4.69) is 48.0 Å². The lowest BCUT2D eigenvalue weighted by Gasteiger charge is -2.38. The third-order valence-corrected chi connectivity index (χ3v) is 4.82. The minimum Gasteiger partial charge on any atom is -0.376 e. The van der Waals surface area contributed by atoms with Crippen molar-refractivity contribution < 1.29 is 4.74 Å². The summed E-state index contributed by atoms with van der Waals surface area (Å²) in [6.07, 6.45) is 3.62. The topological polar surface area (TPSA) is 50.8 Å². The van der Waals surface area contributed by atoms with Gasteiger partial charge in [-0.1, -0.05) is 31.2 Å². The molecule has 2 aliphatic rings. The second kappa shape index (κ2) is 5.68. The Hall–Kier alpha value is -1.55. The largest absolute Gasteiger partial charge is 0.376 e. The van der Waals surface area contributed by atoms with Gasteiger partial charge in [-0.3, -0.25) is 4.99 Å². The van der Waals surface area contributed by atoms with Crippen LogP contribution in [0.2, 0.25) is 0 Å². The molecule has 114 valence electrons. The molecule has 2 aliphatic heterocycles. The average Bonchev–Trinajstić information content (AvgIpc) is 3.12. The number of nitrogens with two attached hydrogens (primary N) is 1. The van der Waals surface area contributed by atoms with Gasteiger partial charge in [0.15, 0.2) is 5.96 Å². The first kappa shape index (κ1) is 14.4. The van der Waals surface area contributed by atoms with Crippen LogP contribution in [-0.4, -0.2) is 36.7 Å². The van der Waals surface area contributed by atoms with Crippen LogP contribution in [0.3, 0.4) is 0 Å². The van der Waals surface area contributed by atoms with E-state index in [1.165, 1.54) is 11.1 Å². The van der Waals surface area contributed by atoms with Crippen molar-refractivity contribution >= 4 is 5.96 Å². The highest BCUT2D eigenvalue weighted by molar-refractivity contribution is 5.81. The highest BCUT2D eigenvalue weighted by Crippen LogP contribution is 2.34. The number of nitrogens with zero attached hydrogens (tertiary/aromatic N) is 2. The highest BCUT2D eigenvalue weighted by atomic mass is 16.5.